The number of hydrogen-bond acceptors (Lipinski definition) is 3. The summed E-state index contributed by atoms with van der Waals surface area (Å²) in [6, 6.07) is 17.5. The molecule has 0 saturated carbocycles. The number of alkyl halides is 3. The Morgan fingerprint density at radius 3 is 2.29 bits per heavy atom. The minimum absolute atomic E-state index is 0.0737. The van der Waals surface area contributed by atoms with Crippen molar-refractivity contribution >= 4 is 22.9 Å². The van der Waals surface area contributed by atoms with E-state index in [0.717, 1.165) is 23.0 Å². The van der Waals surface area contributed by atoms with Gasteiger partial charge in [0.1, 0.15) is 6.17 Å². The topological polar surface area (TPSA) is 19.4 Å². The zero-order valence-electron chi connectivity index (χ0n) is 17.3. The number of aromatic nitrogens is 1. The van der Waals surface area contributed by atoms with Crippen LogP contribution in [0.1, 0.15) is 25.0 Å². The number of pyridine rings is 1. The Morgan fingerprint density at radius 1 is 0.935 bits per heavy atom. The van der Waals surface area contributed by atoms with Crippen molar-refractivity contribution in [3.05, 3.63) is 90.6 Å². The van der Waals surface area contributed by atoms with Gasteiger partial charge >= 0.3 is 6.18 Å². The largest absolute Gasteiger partial charge is 0.418 e. The average molecular weight is 421 g/mol. The van der Waals surface area contributed by atoms with Crippen LogP contribution in [0.15, 0.2) is 79.5 Å². The molecule has 1 aromatic heterocycles. The lowest BCUT2D eigenvalue weighted by Crippen LogP contribution is -2.54. The molecule has 3 unspecified atom stereocenters. The molecule has 2 aliphatic heterocycles. The fraction of sp³-hybridized carbons (Fsp3) is 0.240. The predicted molar refractivity (Wildman–Crippen MR) is 117 cm³/mol. The minimum Gasteiger partial charge on any atom is -0.316 e. The molecule has 5 rings (SSSR count). The monoisotopic (exact) mass is 421 g/mol. The van der Waals surface area contributed by atoms with Gasteiger partial charge in [-0.05, 0) is 35.9 Å². The number of halogens is 3. The van der Waals surface area contributed by atoms with Crippen LogP contribution in [-0.2, 0) is 11.6 Å². The quantitative estimate of drug-likeness (QED) is 0.424. The maximum Gasteiger partial charge on any atom is 0.418 e. The number of hydrogen-bond donors (Lipinski definition) is 0. The maximum absolute atomic E-state index is 14.0. The smallest absolute Gasteiger partial charge is 0.316 e. The van der Waals surface area contributed by atoms with Crippen LogP contribution in [0.3, 0.4) is 0 Å². The molecular formula is C25H22F3N3. The first-order chi connectivity index (χ1) is 14.8. The molecule has 31 heavy (non-hydrogen) atoms. The SMILES string of the molecule is C=CC1(C)c2ccccc2N2c3cccnc3N(c3ccccc3C(F)(F)F)C2C1C. The summed E-state index contributed by atoms with van der Waals surface area (Å²) in [7, 11) is 0. The van der Waals surface area contributed by atoms with Crippen LogP contribution in [-0.4, -0.2) is 11.1 Å². The fourth-order valence-electron chi connectivity index (χ4n) is 5.03. The van der Waals surface area contributed by atoms with Crippen LogP contribution in [0.4, 0.5) is 36.1 Å². The van der Waals surface area contributed by atoms with Crippen LogP contribution >= 0.6 is 0 Å². The molecule has 0 amide bonds. The molecule has 0 radical (unpaired) electrons. The summed E-state index contributed by atoms with van der Waals surface area (Å²) in [5.41, 5.74) is 1.89. The van der Waals surface area contributed by atoms with Crippen molar-refractivity contribution in [3.8, 4) is 0 Å². The van der Waals surface area contributed by atoms with Gasteiger partial charge in [0.15, 0.2) is 5.82 Å². The molecule has 3 heterocycles. The lowest BCUT2D eigenvalue weighted by molar-refractivity contribution is -0.137. The van der Waals surface area contributed by atoms with Gasteiger partial charge in [0.05, 0.1) is 16.9 Å². The number of allylic oxidation sites excluding steroid dienone is 1. The number of fused-ring (bicyclic) bond motifs is 5. The molecule has 3 aromatic rings. The standard InChI is InChI=1S/C25H22F3N3/c1-4-24(3)16(2)23-30(19-12-7-5-10-17(19)24)21-14-9-15-29-22(21)31(23)20-13-8-6-11-18(20)25(26,27)28/h4-16,23H,1H2,2-3H3. The number of para-hydroxylation sites is 2. The van der Waals surface area contributed by atoms with E-state index in [-0.39, 0.29) is 17.8 Å². The Balaban J connectivity index is 1.82. The molecule has 3 atom stereocenters. The molecular weight excluding hydrogens is 399 g/mol. The van der Waals surface area contributed by atoms with Gasteiger partial charge in [-0.1, -0.05) is 50.3 Å². The van der Waals surface area contributed by atoms with E-state index in [4.69, 9.17) is 0 Å². The van der Waals surface area contributed by atoms with Crippen molar-refractivity contribution in [2.75, 3.05) is 9.80 Å². The van der Waals surface area contributed by atoms with Gasteiger partial charge in [-0.2, -0.15) is 13.2 Å². The van der Waals surface area contributed by atoms with Crippen molar-refractivity contribution < 1.29 is 13.2 Å². The molecule has 0 bridgehead atoms. The summed E-state index contributed by atoms with van der Waals surface area (Å²) in [6.07, 6.45) is -1.32. The first kappa shape index (κ1) is 19.7. The van der Waals surface area contributed by atoms with E-state index in [9.17, 15) is 13.2 Å². The fourth-order valence-corrected chi connectivity index (χ4v) is 5.03. The van der Waals surface area contributed by atoms with E-state index in [1.807, 2.05) is 36.4 Å². The summed E-state index contributed by atoms with van der Waals surface area (Å²) in [6.45, 7) is 8.27. The van der Waals surface area contributed by atoms with Crippen molar-refractivity contribution in [2.45, 2.75) is 31.6 Å². The predicted octanol–water partition coefficient (Wildman–Crippen LogP) is 6.81. The molecule has 6 heteroatoms. The summed E-state index contributed by atoms with van der Waals surface area (Å²) < 4.78 is 41.9. The summed E-state index contributed by atoms with van der Waals surface area (Å²) in [4.78, 5) is 8.41. The molecule has 2 aromatic carbocycles. The molecule has 0 saturated heterocycles. The highest BCUT2D eigenvalue weighted by Gasteiger charge is 2.53. The third-order valence-electron chi connectivity index (χ3n) is 6.81. The third kappa shape index (κ3) is 2.63. The highest BCUT2D eigenvalue weighted by Crippen LogP contribution is 2.58. The van der Waals surface area contributed by atoms with Gasteiger partial charge < -0.3 is 9.80 Å². The van der Waals surface area contributed by atoms with Crippen LogP contribution in [0.5, 0.6) is 0 Å². The molecule has 0 spiro atoms. The first-order valence-corrected chi connectivity index (χ1v) is 10.2. The second-order valence-electron chi connectivity index (χ2n) is 8.31. The van der Waals surface area contributed by atoms with Gasteiger partial charge in [-0.3, -0.25) is 0 Å². The van der Waals surface area contributed by atoms with Crippen LogP contribution < -0.4 is 9.80 Å². The lowest BCUT2D eigenvalue weighted by atomic mass is 9.67. The molecule has 2 aliphatic rings. The van der Waals surface area contributed by atoms with Crippen LogP contribution in [0, 0.1) is 5.92 Å². The Morgan fingerprint density at radius 2 is 1.58 bits per heavy atom. The van der Waals surface area contributed by atoms with E-state index in [1.54, 1.807) is 17.2 Å². The number of anilines is 4. The summed E-state index contributed by atoms with van der Waals surface area (Å²) in [5.74, 6) is 0.453. The number of nitrogens with zero attached hydrogens (tertiary/aromatic N) is 3. The van der Waals surface area contributed by atoms with E-state index in [0.29, 0.717) is 5.82 Å². The van der Waals surface area contributed by atoms with Gasteiger partial charge in [0.25, 0.3) is 0 Å². The number of rotatable bonds is 2. The van der Waals surface area contributed by atoms with Crippen molar-refractivity contribution in [3.63, 3.8) is 0 Å². The van der Waals surface area contributed by atoms with E-state index in [2.05, 4.69) is 36.4 Å². The number of benzene rings is 2. The average Bonchev–Trinajstić information content (AvgIpc) is 3.12. The zero-order valence-corrected chi connectivity index (χ0v) is 17.3. The molecule has 158 valence electrons. The third-order valence-corrected chi connectivity index (χ3v) is 6.81. The summed E-state index contributed by atoms with van der Waals surface area (Å²) in [5, 5.41) is 0. The molecule has 0 aliphatic carbocycles. The molecule has 0 fully saturated rings. The normalized spacial score (nSPS) is 24.4. The Kier molecular flexibility index (Phi) is 4.19. The van der Waals surface area contributed by atoms with Gasteiger partial charge in [0, 0.05) is 23.2 Å². The Bertz CT molecular complexity index is 1170. The van der Waals surface area contributed by atoms with Gasteiger partial charge in [-0.25, -0.2) is 4.98 Å². The van der Waals surface area contributed by atoms with Gasteiger partial charge in [-0.15, -0.1) is 6.58 Å². The highest BCUT2D eigenvalue weighted by molar-refractivity contribution is 5.89. The van der Waals surface area contributed by atoms with E-state index in [1.165, 1.54) is 12.1 Å². The first-order valence-electron chi connectivity index (χ1n) is 10.2. The van der Waals surface area contributed by atoms with Gasteiger partial charge in [0.2, 0.25) is 0 Å². The molecule has 0 N–H and O–H groups in total. The van der Waals surface area contributed by atoms with E-state index >= 15 is 0 Å². The van der Waals surface area contributed by atoms with Crippen LogP contribution in [0.25, 0.3) is 0 Å². The lowest BCUT2D eigenvalue weighted by Gasteiger charge is -2.50. The second-order valence-corrected chi connectivity index (χ2v) is 8.31. The zero-order chi connectivity index (χ0) is 22.0. The van der Waals surface area contributed by atoms with Crippen molar-refractivity contribution in [1.29, 1.82) is 0 Å². The second kappa shape index (κ2) is 6.61. The molecule has 3 nitrogen and oxygen atoms in total. The van der Waals surface area contributed by atoms with Crippen LogP contribution in [0.2, 0.25) is 0 Å². The Hall–Kier alpha value is -3.28. The van der Waals surface area contributed by atoms with Crippen molar-refractivity contribution in [1.82, 2.24) is 4.98 Å². The maximum atomic E-state index is 14.0. The Labute approximate surface area is 179 Å². The van der Waals surface area contributed by atoms with Crippen molar-refractivity contribution in [2.24, 2.45) is 5.92 Å². The summed E-state index contributed by atoms with van der Waals surface area (Å²) >= 11 is 0. The minimum atomic E-state index is -4.48. The highest BCUT2D eigenvalue weighted by atomic mass is 19.4. The van der Waals surface area contributed by atoms with E-state index < -0.39 is 17.2 Å².